The number of benzene rings is 1. The van der Waals surface area contributed by atoms with Crippen LogP contribution in [0, 0.1) is 0 Å². The first-order chi connectivity index (χ1) is 9.72. The summed E-state index contributed by atoms with van der Waals surface area (Å²) in [6.45, 7) is 1.38. The second kappa shape index (κ2) is 6.64. The van der Waals surface area contributed by atoms with Gasteiger partial charge in [0.2, 0.25) is 5.89 Å². The summed E-state index contributed by atoms with van der Waals surface area (Å²) in [5.41, 5.74) is 1.49. The molecule has 0 unspecified atom stereocenters. The average Bonchev–Trinajstić information content (AvgIpc) is 3.11. The van der Waals surface area contributed by atoms with Gasteiger partial charge in [-0.2, -0.15) is 0 Å². The maximum atomic E-state index is 5.93. The van der Waals surface area contributed by atoms with Crippen LogP contribution in [-0.2, 0) is 12.0 Å². The van der Waals surface area contributed by atoms with E-state index in [9.17, 15) is 0 Å². The quantitative estimate of drug-likeness (QED) is 0.853. The highest BCUT2D eigenvalue weighted by Crippen LogP contribution is 2.48. The Hall–Kier alpha value is -1.30. The van der Waals surface area contributed by atoms with Gasteiger partial charge in [0.25, 0.3) is 0 Å². The van der Waals surface area contributed by atoms with Crippen molar-refractivity contribution in [2.75, 3.05) is 18.9 Å². The molecule has 7 heteroatoms. The van der Waals surface area contributed by atoms with E-state index in [1.807, 2.05) is 19.2 Å². The summed E-state index contributed by atoms with van der Waals surface area (Å²) in [5, 5.41) is 14.9. The molecule has 2 aromatic rings. The Labute approximate surface area is 134 Å². The van der Waals surface area contributed by atoms with E-state index >= 15 is 0 Å². The van der Waals surface area contributed by atoms with E-state index in [-0.39, 0.29) is 17.8 Å². The maximum absolute atomic E-state index is 5.93. The highest BCUT2D eigenvalue weighted by Gasteiger charge is 2.44. The molecule has 0 spiro atoms. The summed E-state index contributed by atoms with van der Waals surface area (Å²) in [4.78, 5) is 0. The van der Waals surface area contributed by atoms with Crippen molar-refractivity contribution in [1.29, 1.82) is 0 Å². The first-order valence-electron chi connectivity index (χ1n) is 6.69. The van der Waals surface area contributed by atoms with Crippen LogP contribution in [0.5, 0.6) is 0 Å². The number of nitrogens with one attached hydrogen (secondary N) is 2. The normalized spacial score (nSPS) is 15.3. The number of hydrogen-bond donors (Lipinski definition) is 2. The molecule has 114 valence electrons. The monoisotopic (exact) mass is 328 g/mol. The first kappa shape index (κ1) is 16.1. The van der Waals surface area contributed by atoms with Gasteiger partial charge in [-0.3, -0.25) is 0 Å². The molecule has 21 heavy (non-hydrogen) atoms. The van der Waals surface area contributed by atoms with Crippen LogP contribution in [0.2, 0.25) is 5.02 Å². The van der Waals surface area contributed by atoms with E-state index in [0.717, 1.165) is 11.6 Å². The van der Waals surface area contributed by atoms with Gasteiger partial charge in [0, 0.05) is 17.0 Å². The number of anilines is 1. The van der Waals surface area contributed by atoms with Crippen LogP contribution < -0.4 is 10.6 Å². The third-order valence-electron chi connectivity index (χ3n) is 3.68. The molecule has 0 bridgehead atoms. The Morgan fingerprint density at radius 3 is 2.57 bits per heavy atom. The van der Waals surface area contributed by atoms with E-state index in [0.29, 0.717) is 18.5 Å². The fourth-order valence-corrected chi connectivity index (χ4v) is 2.44. The lowest BCUT2D eigenvalue weighted by atomic mass is 9.96. The maximum Gasteiger partial charge on any atom is 0.315 e. The lowest BCUT2D eigenvalue weighted by molar-refractivity contribution is 0.487. The minimum atomic E-state index is 0. The molecule has 3 rings (SSSR count). The van der Waals surface area contributed by atoms with Crippen molar-refractivity contribution in [2.45, 2.75) is 24.8 Å². The van der Waals surface area contributed by atoms with Crippen LogP contribution >= 0.6 is 24.0 Å². The van der Waals surface area contributed by atoms with Crippen LogP contribution in [0.3, 0.4) is 0 Å². The van der Waals surface area contributed by atoms with Crippen molar-refractivity contribution >= 4 is 30.0 Å². The molecule has 0 atom stereocenters. The van der Waals surface area contributed by atoms with Crippen LogP contribution in [0.15, 0.2) is 28.7 Å². The van der Waals surface area contributed by atoms with Gasteiger partial charge in [-0.05, 0) is 37.6 Å². The SMILES string of the molecule is CNCc1nnc(NCC2(c3ccc(Cl)cc3)CC2)o1.Cl. The second-order valence-corrected chi connectivity index (χ2v) is 5.61. The Balaban J connectivity index is 0.00000161. The highest BCUT2D eigenvalue weighted by atomic mass is 35.5. The lowest BCUT2D eigenvalue weighted by Gasteiger charge is -2.15. The molecular weight excluding hydrogens is 311 g/mol. The third-order valence-corrected chi connectivity index (χ3v) is 3.93. The molecule has 1 saturated carbocycles. The Morgan fingerprint density at radius 1 is 1.24 bits per heavy atom. The molecule has 0 amide bonds. The third kappa shape index (κ3) is 3.67. The van der Waals surface area contributed by atoms with Crippen LogP contribution in [0.25, 0.3) is 0 Å². The first-order valence-corrected chi connectivity index (χ1v) is 7.07. The molecule has 1 aromatic carbocycles. The summed E-state index contributed by atoms with van der Waals surface area (Å²) in [6.07, 6.45) is 2.33. The molecule has 1 aromatic heterocycles. The number of rotatable bonds is 6. The summed E-state index contributed by atoms with van der Waals surface area (Å²) in [6, 6.07) is 8.55. The van der Waals surface area contributed by atoms with Gasteiger partial charge in [-0.25, -0.2) is 0 Å². The zero-order valence-corrected chi connectivity index (χ0v) is 13.3. The predicted octanol–water partition coefficient (Wildman–Crippen LogP) is 3.01. The molecule has 1 fully saturated rings. The van der Waals surface area contributed by atoms with Gasteiger partial charge in [0.15, 0.2) is 0 Å². The van der Waals surface area contributed by atoms with Gasteiger partial charge < -0.3 is 15.1 Å². The summed E-state index contributed by atoms with van der Waals surface area (Å²) in [5.74, 6) is 0.589. The van der Waals surface area contributed by atoms with Gasteiger partial charge in [-0.1, -0.05) is 28.8 Å². The number of hydrogen-bond acceptors (Lipinski definition) is 5. The standard InChI is InChI=1S/C14H17ClN4O.ClH/c1-16-8-12-18-19-13(20-12)17-9-14(6-7-14)10-2-4-11(15)5-3-10;/h2-5,16H,6-9H2,1H3,(H,17,19);1H. The predicted molar refractivity (Wildman–Crippen MR) is 85.2 cm³/mol. The number of halogens is 2. The Bertz CT molecular complexity index is 581. The summed E-state index contributed by atoms with van der Waals surface area (Å²) < 4.78 is 5.49. The van der Waals surface area contributed by atoms with Crippen molar-refractivity contribution in [3.63, 3.8) is 0 Å². The molecule has 1 heterocycles. The molecule has 1 aliphatic rings. The van der Waals surface area contributed by atoms with Crippen molar-refractivity contribution in [3.8, 4) is 0 Å². The molecule has 0 aliphatic heterocycles. The van der Waals surface area contributed by atoms with E-state index in [1.54, 1.807) is 0 Å². The Kier molecular flexibility index (Phi) is 5.08. The van der Waals surface area contributed by atoms with E-state index in [2.05, 4.69) is 33.0 Å². The topological polar surface area (TPSA) is 63.0 Å². The zero-order valence-electron chi connectivity index (χ0n) is 11.7. The number of aromatic nitrogens is 2. The van der Waals surface area contributed by atoms with Gasteiger partial charge in [0.05, 0.1) is 6.54 Å². The van der Waals surface area contributed by atoms with Crippen molar-refractivity contribution in [2.24, 2.45) is 0 Å². The van der Waals surface area contributed by atoms with Crippen molar-refractivity contribution in [1.82, 2.24) is 15.5 Å². The smallest absolute Gasteiger partial charge is 0.315 e. The van der Waals surface area contributed by atoms with Crippen LogP contribution in [0.4, 0.5) is 6.01 Å². The van der Waals surface area contributed by atoms with Gasteiger partial charge >= 0.3 is 6.01 Å². The van der Waals surface area contributed by atoms with Gasteiger partial charge in [0.1, 0.15) is 0 Å². The largest absolute Gasteiger partial charge is 0.407 e. The average molecular weight is 329 g/mol. The fourth-order valence-electron chi connectivity index (χ4n) is 2.31. The van der Waals surface area contributed by atoms with E-state index in [1.165, 1.54) is 18.4 Å². The fraction of sp³-hybridized carbons (Fsp3) is 0.429. The minimum absolute atomic E-state index is 0. The van der Waals surface area contributed by atoms with Crippen molar-refractivity contribution < 1.29 is 4.42 Å². The summed E-state index contributed by atoms with van der Waals surface area (Å²) >= 11 is 5.93. The molecular formula is C14H18Cl2N4O. The number of nitrogens with zero attached hydrogens (tertiary/aromatic N) is 2. The summed E-state index contributed by atoms with van der Waals surface area (Å²) in [7, 11) is 1.84. The van der Waals surface area contributed by atoms with Crippen LogP contribution in [-0.4, -0.2) is 23.8 Å². The molecule has 2 N–H and O–H groups in total. The van der Waals surface area contributed by atoms with Crippen molar-refractivity contribution in [3.05, 3.63) is 40.7 Å². The minimum Gasteiger partial charge on any atom is -0.407 e. The van der Waals surface area contributed by atoms with Gasteiger partial charge in [-0.15, -0.1) is 17.5 Å². The zero-order chi connectivity index (χ0) is 14.0. The molecule has 5 nitrogen and oxygen atoms in total. The molecule has 0 radical (unpaired) electrons. The molecule has 1 aliphatic carbocycles. The second-order valence-electron chi connectivity index (χ2n) is 5.17. The van der Waals surface area contributed by atoms with E-state index in [4.69, 9.17) is 16.0 Å². The van der Waals surface area contributed by atoms with Crippen LogP contribution in [0.1, 0.15) is 24.3 Å². The van der Waals surface area contributed by atoms with E-state index < -0.39 is 0 Å². The Morgan fingerprint density at radius 2 is 1.95 bits per heavy atom. The molecule has 0 saturated heterocycles. The highest BCUT2D eigenvalue weighted by molar-refractivity contribution is 6.30. The lowest BCUT2D eigenvalue weighted by Crippen LogP contribution is -2.19.